The first-order valence-electron chi connectivity index (χ1n) is 25.2. The maximum absolute atomic E-state index is 11.2. The van der Waals surface area contributed by atoms with Crippen molar-refractivity contribution >= 4 is 35.7 Å². The molecule has 0 saturated carbocycles. The van der Waals surface area contributed by atoms with E-state index in [1.54, 1.807) is 140 Å². The summed E-state index contributed by atoms with van der Waals surface area (Å²) in [4.78, 5) is 63.8. The van der Waals surface area contributed by atoms with Crippen LogP contribution < -0.4 is 41.2 Å². The minimum Gasteiger partial charge on any atom is -0.497 e. The number of ketones is 1. The zero-order valence-electron chi connectivity index (χ0n) is 50.0. The Hall–Kier alpha value is -6.54. The largest absolute Gasteiger partial charge is 0.497 e. The number of carbonyl (C=O) groups excluding carboxylic acids is 6. The molecule has 0 unspecified atom stereocenters. The van der Waals surface area contributed by atoms with Gasteiger partial charge in [0, 0.05) is 62.3 Å². The van der Waals surface area contributed by atoms with Gasteiger partial charge in [0.25, 0.3) is 17.7 Å². The minimum atomic E-state index is -0.333. The third-order valence-electron chi connectivity index (χ3n) is 6.43. The Kier molecular flexibility index (Phi) is 93.3. The second-order valence-corrected chi connectivity index (χ2v) is 11.3. The van der Waals surface area contributed by atoms with E-state index in [1.807, 2.05) is 118 Å². The van der Waals surface area contributed by atoms with Gasteiger partial charge in [0.05, 0.1) is 21.3 Å². The predicted octanol–water partition coefficient (Wildman–Crippen LogP) is 13.2. The molecule has 72 heavy (non-hydrogen) atoms. The fraction of sp³-hybridized carbons (Fsp3) is 0.483. The first kappa shape index (κ1) is 88.4. The molecule has 0 saturated heterocycles. The van der Waals surface area contributed by atoms with Crippen LogP contribution in [0.4, 0.5) is 0 Å². The van der Waals surface area contributed by atoms with Gasteiger partial charge in [-0.3, -0.25) is 28.8 Å². The summed E-state index contributed by atoms with van der Waals surface area (Å²) in [7, 11) is 13.3. The molecule has 14 nitrogen and oxygen atoms in total. The Labute approximate surface area is 440 Å². The van der Waals surface area contributed by atoms with E-state index in [9.17, 15) is 28.8 Å². The fourth-order valence-electron chi connectivity index (χ4n) is 3.61. The highest BCUT2D eigenvalue weighted by atomic mass is 16.5. The third-order valence-corrected chi connectivity index (χ3v) is 6.43. The summed E-state index contributed by atoms with van der Waals surface area (Å²) in [5.74, 6) is 1.80. The highest BCUT2D eigenvalue weighted by molar-refractivity contribution is 5.96. The molecule has 416 valence electrons. The molecule has 4 aromatic carbocycles. The Morgan fingerprint density at radius 2 is 0.611 bits per heavy atom. The van der Waals surface area contributed by atoms with E-state index in [2.05, 4.69) is 40.8 Å². The van der Waals surface area contributed by atoms with Crippen molar-refractivity contribution in [1.82, 2.24) is 21.3 Å². The van der Waals surface area contributed by atoms with Crippen molar-refractivity contribution in [1.29, 1.82) is 0 Å². The summed E-state index contributed by atoms with van der Waals surface area (Å²) < 4.78 is 14.9. The lowest BCUT2D eigenvalue weighted by molar-refractivity contribution is -0.116. The normalized spacial score (nSPS) is 7.58. The monoisotopic (exact) mass is 1020 g/mol. The number of hydrogen-bond acceptors (Lipinski definition) is 10. The van der Waals surface area contributed by atoms with Crippen molar-refractivity contribution in [2.75, 3.05) is 56.6 Å². The number of nitrogens with one attached hydrogen (secondary N) is 4. The van der Waals surface area contributed by atoms with Crippen LogP contribution >= 0.6 is 0 Å². The van der Waals surface area contributed by atoms with Gasteiger partial charge < -0.3 is 41.2 Å². The predicted molar refractivity (Wildman–Crippen MR) is 311 cm³/mol. The topological polar surface area (TPSA) is 204 Å². The molecule has 0 radical (unpaired) electrons. The third kappa shape index (κ3) is 57.8. The van der Waals surface area contributed by atoms with Crippen LogP contribution in [-0.2, 0) is 4.79 Å². The van der Waals surface area contributed by atoms with Crippen molar-refractivity contribution < 1.29 is 43.0 Å². The number of hydrogen-bond donors (Lipinski definition) is 5. The minimum absolute atomic E-state index is 0.0855. The lowest BCUT2D eigenvalue weighted by atomic mass is 10.1. The lowest BCUT2D eigenvalue weighted by Crippen LogP contribution is -2.17. The number of primary amides is 1. The average Bonchev–Trinajstić information content (AvgIpc) is 3.46. The number of amides is 4. The van der Waals surface area contributed by atoms with Crippen LogP contribution in [0.2, 0.25) is 0 Å². The Balaban J connectivity index is -0.0000000777. The highest BCUT2D eigenvalue weighted by Crippen LogP contribution is 2.13. The maximum Gasteiger partial charge on any atom is 0.251 e. The van der Waals surface area contributed by atoms with Gasteiger partial charge in [-0.15, -0.1) is 0 Å². The van der Waals surface area contributed by atoms with E-state index in [0.717, 1.165) is 29.1 Å². The molecular weight excluding hydrogens is 911 g/mol. The molecule has 6 N–H and O–H groups in total. The van der Waals surface area contributed by atoms with Gasteiger partial charge in [0.15, 0.2) is 5.78 Å². The molecule has 0 aliphatic rings. The first-order chi connectivity index (χ1) is 34.7. The fourth-order valence-corrected chi connectivity index (χ4v) is 3.61. The number of rotatable bonds is 9. The molecule has 0 atom stereocenters. The van der Waals surface area contributed by atoms with Crippen LogP contribution in [-0.4, -0.2) is 92.3 Å². The summed E-state index contributed by atoms with van der Waals surface area (Å²) in [6.07, 6.45) is 2.54. The summed E-state index contributed by atoms with van der Waals surface area (Å²) in [5.41, 5.74) is 7.63. The maximum atomic E-state index is 11.2. The van der Waals surface area contributed by atoms with Gasteiger partial charge in [0.1, 0.15) is 23.5 Å². The van der Waals surface area contributed by atoms with E-state index in [1.165, 1.54) is 13.3 Å². The number of ether oxygens (including phenoxy) is 3. The zero-order chi connectivity index (χ0) is 58.9. The van der Waals surface area contributed by atoms with Gasteiger partial charge in [0.2, 0.25) is 5.91 Å². The molecule has 0 heterocycles. The van der Waals surface area contributed by atoms with Crippen molar-refractivity contribution in [3.63, 3.8) is 0 Å². The van der Waals surface area contributed by atoms with Crippen LogP contribution in [0, 0.1) is 0 Å². The molecule has 4 amide bonds. The molecule has 4 rings (SSSR count). The Bertz CT molecular complexity index is 1570. The molecular formula is C58H105N5O9. The van der Waals surface area contributed by atoms with Crippen LogP contribution in [0.1, 0.15) is 189 Å². The Morgan fingerprint density at radius 1 is 0.431 bits per heavy atom. The van der Waals surface area contributed by atoms with Gasteiger partial charge in [-0.25, -0.2) is 0 Å². The van der Waals surface area contributed by atoms with E-state index in [-0.39, 0.29) is 29.4 Å². The second-order valence-electron chi connectivity index (χ2n) is 11.3. The number of Topliss-reactive ketones (excluding diaryl/α,β-unsaturated/α-hetero) is 1. The summed E-state index contributed by atoms with van der Waals surface area (Å²) in [5, 5.41) is 10.3. The summed E-state index contributed by atoms with van der Waals surface area (Å²) in [6, 6.07) is 27.5. The average molecular weight is 1020 g/mol. The standard InChI is InChI=1S/C10H12O2.2C9H11NO2.C9H9NO2.C3H8.C2H5NO.C2H7N.7C2H6/c1-3-10(11)8-4-6-9(12-2)7-5-8;2*1-10-9(11)7-3-5-8(12-2)6-4-7;1-10-9(12)8-4-2-7(6-11)3-5-8;1-3-2;1-2(3)4;1-3-2;7*1-2/h4-7H,3H2,1-2H3;2*3-6H,1-2H3,(H,10,11);2-6H,1H3,(H,10,12);3H2,1-2H3;1H3,(H2,3,4);3H,1-2H3;7*1-2H3. The molecule has 0 aromatic heterocycles. The number of aldehydes is 1. The number of benzene rings is 4. The molecule has 0 bridgehead atoms. The molecule has 14 heteroatoms. The van der Waals surface area contributed by atoms with Gasteiger partial charge in [-0.2, -0.15) is 0 Å². The SMILES string of the molecule is CC.CC.CC.CC.CC.CC.CC.CC(N)=O.CCC.CCC(=O)c1ccc(OC)cc1.CNC.CNC(=O)c1ccc(C=O)cc1.CNC(=O)c1ccc(OC)cc1.CNC(=O)c1ccc(OC)cc1. The van der Waals surface area contributed by atoms with Crippen LogP contribution in [0.3, 0.4) is 0 Å². The summed E-state index contributed by atoms with van der Waals surface area (Å²) >= 11 is 0. The number of carbonyl (C=O) groups is 6. The van der Waals surface area contributed by atoms with Gasteiger partial charge in [-0.05, 0) is 99.0 Å². The second kappa shape index (κ2) is 76.0. The Morgan fingerprint density at radius 3 is 0.764 bits per heavy atom. The van der Waals surface area contributed by atoms with E-state index < -0.39 is 0 Å². The van der Waals surface area contributed by atoms with Gasteiger partial charge in [-0.1, -0.05) is 136 Å². The number of nitrogens with two attached hydrogens (primary N) is 1. The molecule has 4 aromatic rings. The van der Waals surface area contributed by atoms with Crippen LogP contribution in [0.5, 0.6) is 17.2 Å². The van der Waals surface area contributed by atoms with E-state index >= 15 is 0 Å². The van der Waals surface area contributed by atoms with E-state index in [4.69, 9.17) is 14.2 Å². The van der Waals surface area contributed by atoms with Crippen molar-refractivity contribution in [3.8, 4) is 17.2 Å². The zero-order valence-corrected chi connectivity index (χ0v) is 50.0. The quantitative estimate of drug-likeness (QED) is 0.0792. The molecule has 0 aliphatic carbocycles. The van der Waals surface area contributed by atoms with Crippen molar-refractivity contribution in [2.45, 2.75) is 137 Å². The first-order valence-corrected chi connectivity index (χ1v) is 25.2. The van der Waals surface area contributed by atoms with Crippen LogP contribution in [0.25, 0.3) is 0 Å². The van der Waals surface area contributed by atoms with Gasteiger partial charge >= 0.3 is 0 Å². The molecule has 0 aliphatic heterocycles. The number of methoxy groups -OCH3 is 3. The smallest absolute Gasteiger partial charge is 0.251 e. The summed E-state index contributed by atoms with van der Waals surface area (Å²) in [6.45, 7) is 35.4. The van der Waals surface area contributed by atoms with Crippen molar-refractivity contribution in [3.05, 3.63) is 125 Å². The van der Waals surface area contributed by atoms with Crippen molar-refractivity contribution in [2.24, 2.45) is 5.73 Å². The molecule has 0 spiro atoms. The highest BCUT2D eigenvalue weighted by Gasteiger charge is 2.04. The van der Waals surface area contributed by atoms with Crippen LogP contribution in [0.15, 0.2) is 97.1 Å². The lowest BCUT2D eigenvalue weighted by Gasteiger charge is -2.01. The molecule has 0 fully saturated rings. The van der Waals surface area contributed by atoms with E-state index in [0.29, 0.717) is 28.7 Å².